The highest BCUT2D eigenvalue weighted by atomic mass is 35.5. The first-order chi connectivity index (χ1) is 13.9. The molecular weight excluding hydrogens is 404 g/mol. The second kappa shape index (κ2) is 11.9. The van der Waals surface area contributed by atoms with Crippen LogP contribution in [0.15, 0.2) is 54.6 Å². The van der Waals surface area contributed by atoms with Gasteiger partial charge in [0.1, 0.15) is 6.04 Å². The van der Waals surface area contributed by atoms with Crippen LogP contribution in [-0.2, 0) is 21.9 Å². The Morgan fingerprint density at radius 1 is 1.07 bits per heavy atom. The molecule has 2 aromatic carbocycles. The molecule has 156 valence electrons. The van der Waals surface area contributed by atoms with E-state index in [1.807, 2.05) is 75.4 Å². The van der Waals surface area contributed by atoms with E-state index in [9.17, 15) is 9.59 Å². The lowest BCUT2D eigenvalue weighted by Gasteiger charge is -2.31. The number of carbonyl (C=O) groups is 2. The molecule has 0 heterocycles. The molecule has 0 bridgehead atoms. The Hall–Kier alpha value is -1.98. The number of carbonyl (C=O) groups excluding carboxylic acids is 2. The Bertz CT molecular complexity index is 798. The molecule has 1 N–H and O–H groups in total. The highest BCUT2D eigenvalue weighted by Crippen LogP contribution is 2.19. The van der Waals surface area contributed by atoms with E-state index in [-0.39, 0.29) is 17.9 Å². The number of thioether (sulfide) groups is 1. The lowest BCUT2D eigenvalue weighted by molar-refractivity contribution is -0.139. The molecule has 0 unspecified atom stereocenters. The van der Waals surface area contributed by atoms with Crippen molar-refractivity contribution < 1.29 is 9.59 Å². The highest BCUT2D eigenvalue weighted by Gasteiger charge is 2.28. The van der Waals surface area contributed by atoms with Crippen LogP contribution in [0, 0.1) is 0 Å². The van der Waals surface area contributed by atoms with Crippen LogP contribution in [0.3, 0.4) is 0 Å². The minimum atomic E-state index is -0.489. The molecule has 29 heavy (non-hydrogen) atoms. The van der Waals surface area contributed by atoms with Crippen molar-refractivity contribution in [1.82, 2.24) is 10.2 Å². The maximum absolute atomic E-state index is 13.1. The van der Waals surface area contributed by atoms with Crippen molar-refractivity contribution in [3.05, 3.63) is 70.7 Å². The van der Waals surface area contributed by atoms with Gasteiger partial charge < -0.3 is 10.2 Å². The van der Waals surface area contributed by atoms with Crippen LogP contribution in [0.5, 0.6) is 0 Å². The predicted octanol–water partition coefficient (Wildman–Crippen LogP) is 4.91. The largest absolute Gasteiger partial charge is 0.352 e. The summed E-state index contributed by atoms with van der Waals surface area (Å²) in [5, 5.41) is 3.64. The normalized spacial score (nSPS) is 11.9. The van der Waals surface area contributed by atoms with E-state index in [0.29, 0.717) is 29.5 Å². The van der Waals surface area contributed by atoms with Crippen molar-refractivity contribution in [2.75, 3.05) is 5.75 Å². The number of halogens is 1. The molecule has 0 saturated carbocycles. The molecule has 2 amide bonds. The third-order valence-electron chi connectivity index (χ3n) is 4.40. The van der Waals surface area contributed by atoms with Crippen molar-refractivity contribution in [2.45, 2.75) is 51.6 Å². The average molecular weight is 433 g/mol. The third kappa shape index (κ3) is 7.75. The molecule has 0 aliphatic heterocycles. The Morgan fingerprint density at radius 3 is 2.38 bits per heavy atom. The van der Waals surface area contributed by atoms with E-state index in [1.165, 1.54) is 11.8 Å². The quantitative estimate of drug-likeness (QED) is 0.580. The molecule has 0 spiro atoms. The van der Waals surface area contributed by atoms with E-state index in [0.717, 1.165) is 11.1 Å². The van der Waals surface area contributed by atoms with Gasteiger partial charge in [-0.3, -0.25) is 9.59 Å². The molecule has 0 radical (unpaired) electrons. The summed E-state index contributed by atoms with van der Waals surface area (Å²) in [7, 11) is 0. The molecule has 1 atom stereocenters. The van der Waals surface area contributed by atoms with Crippen LogP contribution in [0.2, 0.25) is 5.02 Å². The summed E-state index contributed by atoms with van der Waals surface area (Å²) in [5.41, 5.74) is 2.09. The Morgan fingerprint density at radius 2 is 1.76 bits per heavy atom. The number of nitrogens with zero attached hydrogens (tertiary/aromatic N) is 1. The van der Waals surface area contributed by atoms with Gasteiger partial charge in [-0.1, -0.05) is 61.0 Å². The van der Waals surface area contributed by atoms with Crippen LogP contribution in [-0.4, -0.2) is 34.6 Å². The van der Waals surface area contributed by atoms with Crippen LogP contribution >= 0.6 is 23.4 Å². The van der Waals surface area contributed by atoms with Gasteiger partial charge in [-0.2, -0.15) is 0 Å². The minimum absolute atomic E-state index is 0.0300. The second-order valence-electron chi connectivity index (χ2n) is 7.22. The summed E-state index contributed by atoms with van der Waals surface area (Å²) in [4.78, 5) is 27.5. The summed E-state index contributed by atoms with van der Waals surface area (Å²) in [6.07, 6.45) is 0.566. The lowest BCUT2D eigenvalue weighted by Crippen LogP contribution is -2.50. The zero-order valence-electron chi connectivity index (χ0n) is 17.2. The molecule has 6 heteroatoms. The molecule has 0 fully saturated rings. The van der Waals surface area contributed by atoms with Crippen molar-refractivity contribution in [3.63, 3.8) is 0 Å². The van der Waals surface area contributed by atoms with Gasteiger partial charge in [0.2, 0.25) is 11.8 Å². The van der Waals surface area contributed by atoms with Crippen molar-refractivity contribution in [2.24, 2.45) is 0 Å². The maximum Gasteiger partial charge on any atom is 0.243 e. The molecule has 2 rings (SSSR count). The Labute approximate surface area is 183 Å². The van der Waals surface area contributed by atoms with E-state index in [4.69, 9.17) is 11.6 Å². The first kappa shape index (κ1) is 23.3. The number of hydrogen-bond acceptors (Lipinski definition) is 3. The molecule has 0 saturated heterocycles. The minimum Gasteiger partial charge on any atom is -0.352 e. The standard InChI is InChI=1S/C23H29ClN2O2S/c1-4-21(23(28)25-17(2)3)26(14-18-9-6-5-7-10-18)22(27)16-29-15-19-11-8-12-20(24)13-19/h5-13,17,21H,4,14-16H2,1-3H3,(H,25,28)/t21-/m0/s1. The zero-order chi connectivity index (χ0) is 21.2. The van der Waals surface area contributed by atoms with Gasteiger partial charge in [0.15, 0.2) is 0 Å². The van der Waals surface area contributed by atoms with Crippen LogP contribution in [0.1, 0.15) is 38.3 Å². The van der Waals surface area contributed by atoms with Gasteiger partial charge in [0.05, 0.1) is 5.75 Å². The van der Waals surface area contributed by atoms with Gasteiger partial charge in [0, 0.05) is 23.4 Å². The topological polar surface area (TPSA) is 49.4 Å². The molecule has 0 aliphatic rings. The number of hydrogen-bond donors (Lipinski definition) is 1. The average Bonchev–Trinajstić information content (AvgIpc) is 2.68. The third-order valence-corrected chi connectivity index (χ3v) is 5.62. The first-order valence-electron chi connectivity index (χ1n) is 9.86. The van der Waals surface area contributed by atoms with E-state index in [1.54, 1.807) is 4.90 Å². The molecular formula is C23H29ClN2O2S. The van der Waals surface area contributed by atoms with E-state index in [2.05, 4.69) is 5.32 Å². The SMILES string of the molecule is CC[C@@H](C(=O)NC(C)C)N(Cc1ccccc1)C(=O)CSCc1cccc(Cl)c1. The van der Waals surface area contributed by atoms with Gasteiger partial charge in [-0.15, -0.1) is 11.8 Å². The summed E-state index contributed by atoms with van der Waals surface area (Å²) >= 11 is 7.57. The Balaban J connectivity index is 2.09. The predicted molar refractivity (Wildman–Crippen MR) is 122 cm³/mol. The zero-order valence-corrected chi connectivity index (χ0v) is 18.8. The monoisotopic (exact) mass is 432 g/mol. The molecule has 0 aliphatic carbocycles. The fourth-order valence-electron chi connectivity index (χ4n) is 3.05. The van der Waals surface area contributed by atoms with Gasteiger partial charge in [-0.05, 0) is 43.5 Å². The summed E-state index contributed by atoms with van der Waals surface area (Å²) < 4.78 is 0. The highest BCUT2D eigenvalue weighted by molar-refractivity contribution is 7.99. The van der Waals surface area contributed by atoms with Gasteiger partial charge in [0.25, 0.3) is 0 Å². The fourth-order valence-corrected chi connectivity index (χ4v) is 4.12. The summed E-state index contributed by atoms with van der Waals surface area (Å²) in [6, 6.07) is 17.0. The lowest BCUT2D eigenvalue weighted by atomic mass is 10.1. The van der Waals surface area contributed by atoms with Crippen LogP contribution in [0.4, 0.5) is 0 Å². The van der Waals surface area contributed by atoms with E-state index >= 15 is 0 Å². The van der Waals surface area contributed by atoms with Crippen molar-refractivity contribution in [1.29, 1.82) is 0 Å². The molecule has 0 aromatic heterocycles. The number of nitrogens with one attached hydrogen (secondary N) is 1. The summed E-state index contributed by atoms with van der Waals surface area (Å²) in [5.74, 6) is 0.865. The first-order valence-corrected chi connectivity index (χ1v) is 11.4. The van der Waals surface area contributed by atoms with E-state index < -0.39 is 6.04 Å². The Kier molecular flexibility index (Phi) is 9.55. The van der Waals surface area contributed by atoms with Crippen LogP contribution < -0.4 is 5.32 Å². The molecule has 2 aromatic rings. The smallest absolute Gasteiger partial charge is 0.243 e. The maximum atomic E-state index is 13.1. The second-order valence-corrected chi connectivity index (χ2v) is 8.64. The number of benzene rings is 2. The molecule has 4 nitrogen and oxygen atoms in total. The summed E-state index contributed by atoms with van der Waals surface area (Å²) in [6.45, 7) is 6.21. The number of rotatable bonds is 10. The van der Waals surface area contributed by atoms with Crippen LogP contribution in [0.25, 0.3) is 0 Å². The van der Waals surface area contributed by atoms with Crippen molar-refractivity contribution in [3.8, 4) is 0 Å². The fraction of sp³-hybridized carbons (Fsp3) is 0.391. The van der Waals surface area contributed by atoms with Crippen molar-refractivity contribution >= 4 is 35.2 Å². The number of amides is 2. The van der Waals surface area contributed by atoms with Gasteiger partial charge in [-0.25, -0.2) is 0 Å². The van der Waals surface area contributed by atoms with Gasteiger partial charge >= 0.3 is 0 Å².